The van der Waals surface area contributed by atoms with Gasteiger partial charge in [0.2, 0.25) is 0 Å². The number of amides is 1. The van der Waals surface area contributed by atoms with Crippen molar-refractivity contribution in [3.63, 3.8) is 0 Å². The van der Waals surface area contributed by atoms with Gasteiger partial charge in [-0.15, -0.1) is 0 Å². The van der Waals surface area contributed by atoms with Crippen LogP contribution >= 0.6 is 0 Å². The molecule has 37 heavy (non-hydrogen) atoms. The van der Waals surface area contributed by atoms with Gasteiger partial charge in [0.15, 0.2) is 11.5 Å². The van der Waals surface area contributed by atoms with Gasteiger partial charge in [0.1, 0.15) is 5.76 Å². The maximum Gasteiger partial charge on any atom is 0.300 e. The van der Waals surface area contributed by atoms with E-state index >= 15 is 0 Å². The van der Waals surface area contributed by atoms with E-state index in [2.05, 4.69) is 0 Å². The highest BCUT2D eigenvalue weighted by Crippen LogP contribution is 2.44. The molecule has 0 aliphatic carbocycles. The van der Waals surface area contributed by atoms with Gasteiger partial charge in [-0.1, -0.05) is 44.2 Å². The van der Waals surface area contributed by atoms with Gasteiger partial charge in [-0.3, -0.25) is 24.6 Å². The van der Waals surface area contributed by atoms with E-state index in [9.17, 15) is 29.9 Å². The Bertz CT molecular complexity index is 1410. The molecular weight excluding hydrogens is 476 g/mol. The number of aromatic hydroxyl groups is 1. The molecule has 9 nitrogen and oxygen atoms in total. The molecular formula is C28H26N2O7. The molecule has 190 valence electrons. The van der Waals surface area contributed by atoms with Crippen molar-refractivity contribution in [2.75, 3.05) is 11.5 Å². The van der Waals surface area contributed by atoms with Crippen molar-refractivity contribution in [1.29, 1.82) is 0 Å². The van der Waals surface area contributed by atoms with E-state index < -0.39 is 28.4 Å². The molecule has 4 rings (SSSR count). The zero-order valence-electron chi connectivity index (χ0n) is 20.5. The lowest BCUT2D eigenvalue weighted by atomic mass is 9.94. The number of phenolic OH excluding ortho intramolecular Hbond substituents is 1. The lowest BCUT2D eigenvalue weighted by molar-refractivity contribution is -0.384. The summed E-state index contributed by atoms with van der Waals surface area (Å²) in [5, 5.41) is 32.7. The van der Waals surface area contributed by atoms with Crippen LogP contribution in [-0.4, -0.2) is 33.4 Å². The molecule has 0 saturated carbocycles. The van der Waals surface area contributed by atoms with Gasteiger partial charge >= 0.3 is 0 Å². The number of ether oxygens (including phenoxy) is 1. The first-order valence-electron chi connectivity index (χ1n) is 11.8. The normalized spacial score (nSPS) is 16.9. The highest BCUT2D eigenvalue weighted by Gasteiger charge is 2.47. The number of anilines is 1. The predicted octanol–water partition coefficient (Wildman–Crippen LogP) is 5.45. The molecule has 0 spiro atoms. The minimum atomic E-state index is -1.08. The minimum absolute atomic E-state index is 0.0242. The van der Waals surface area contributed by atoms with Crippen molar-refractivity contribution in [3.8, 4) is 11.5 Å². The molecule has 3 aromatic rings. The van der Waals surface area contributed by atoms with Crippen LogP contribution in [0.1, 0.15) is 49.4 Å². The monoisotopic (exact) mass is 502 g/mol. The second-order valence-electron chi connectivity index (χ2n) is 8.88. The van der Waals surface area contributed by atoms with E-state index in [4.69, 9.17) is 4.74 Å². The molecule has 0 aromatic heterocycles. The van der Waals surface area contributed by atoms with Crippen LogP contribution in [0.5, 0.6) is 11.5 Å². The van der Waals surface area contributed by atoms with Gasteiger partial charge < -0.3 is 14.9 Å². The fraction of sp³-hybridized carbons (Fsp3) is 0.214. The fourth-order valence-corrected chi connectivity index (χ4v) is 4.33. The molecule has 1 heterocycles. The summed E-state index contributed by atoms with van der Waals surface area (Å²) >= 11 is 0. The van der Waals surface area contributed by atoms with E-state index in [0.29, 0.717) is 11.3 Å². The lowest BCUT2D eigenvalue weighted by Gasteiger charge is -2.26. The smallest absolute Gasteiger partial charge is 0.300 e. The van der Waals surface area contributed by atoms with E-state index in [0.717, 1.165) is 11.6 Å². The third-order valence-corrected chi connectivity index (χ3v) is 6.21. The SMILES string of the molecule is CCOc1cc(C2/C(=C(\O)c3cccc([N+](=O)[O-])c3)C(=O)C(=O)N2c2ccc(C(C)C)cc2)ccc1O. The Morgan fingerprint density at radius 1 is 1.08 bits per heavy atom. The van der Waals surface area contributed by atoms with Crippen molar-refractivity contribution in [2.24, 2.45) is 0 Å². The number of nitrogens with zero attached hydrogens (tertiary/aromatic N) is 2. The summed E-state index contributed by atoms with van der Waals surface area (Å²) in [5.41, 5.74) is 1.39. The number of aliphatic hydroxyl groups excluding tert-OH is 1. The first-order valence-corrected chi connectivity index (χ1v) is 11.8. The Labute approximate surface area is 213 Å². The number of hydrogen-bond acceptors (Lipinski definition) is 7. The summed E-state index contributed by atoms with van der Waals surface area (Å²) in [6, 6.07) is 15.7. The minimum Gasteiger partial charge on any atom is -0.507 e. The highest BCUT2D eigenvalue weighted by atomic mass is 16.6. The van der Waals surface area contributed by atoms with Crippen LogP contribution in [0.25, 0.3) is 5.76 Å². The van der Waals surface area contributed by atoms with Gasteiger partial charge in [-0.05, 0) is 48.2 Å². The number of benzene rings is 3. The Morgan fingerprint density at radius 3 is 2.41 bits per heavy atom. The third-order valence-electron chi connectivity index (χ3n) is 6.21. The largest absolute Gasteiger partial charge is 0.507 e. The molecule has 1 aliphatic rings. The summed E-state index contributed by atoms with van der Waals surface area (Å²) < 4.78 is 5.50. The van der Waals surface area contributed by atoms with Crippen LogP contribution in [0.3, 0.4) is 0 Å². The molecule has 3 aromatic carbocycles. The van der Waals surface area contributed by atoms with E-state index in [1.54, 1.807) is 19.1 Å². The summed E-state index contributed by atoms with van der Waals surface area (Å²) in [6.07, 6.45) is 0. The second-order valence-corrected chi connectivity index (χ2v) is 8.88. The fourth-order valence-electron chi connectivity index (χ4n) is 4.33. The molecule has 0 radical (unpaired) electrons. The quantitative estimate of drug-likeness (QED) is 0.144. The summed E-state index contributed by atoms with van der Waals surface area (Å²) in [4.78, 5) is 38.6. The maximum absolute atomic E-state index is 13.3. The van der Waals surface area contributed by atoms with Gasteiger partial charge in [0.25, 0.3) is 17.4 Å². The molecule has 1 saturated heterocycles. The van der Waals surface area contributed by atoms with Gasteiger partial charge in [-0.2, -0.15) is 0 Å². The van der Waals surface area contributed by atoms with Crippen molar-refractivity contribution in [3.05, 3.63) is 99.1 Å². The zero-order chi connectivity index (χ0) is 26.9. The number of aliphatic hydroxyl groups is 1. The Hall–Kier alpha value is -4.66. The van der Waals surface area contributed by atoms with E-state index in [1.807, 2.05) is 26.0 Å². The molecule has 1 amide bonds. The van der Waals surface area contributed by atoms with Gasteiger partial charge in [0.05, 0.1) is 23.1 Å². The van der Waals surface area contributed by atoms with E-state index in [1.165, 1.54) is 41.3 Å². The Kier molecular flexibility index (Phi) is 6.97. The van der Waals surface area contributed by atoms with Crippen LogP contribution in [0.4, 0.5) is 11.4 Å². The first kappa shape index (κ1) is 25.4. The summed E-state index contributed by atoms with van der Waals surface area (Å²) in [6.45, 7) is 6.08. The summed E-state index contributed by atoms with van der Waals surface area (Å²) in [5.74, 6) is -2.06. The van der Waals surface area contributed by atoms with Crippen LogP contribution in [-0.2, 0) is 9.59 Å². The van der Waals surface area contributed by atoms with Gasteiger partial charge in [-0.25, -0.2) is 0 Å². The number of Topliss-reactive ketones (excluding diaryl/α,β-unsaturated/α-hetero) is 1. The van der Waals surface area contributed by atoms with Gasteiger partial charge in [0, 0.05) is 23.4 Å². The van der Waals surface area contributed by atoms with Crippen LogP contribution in [0.2, 0.25) is 0 Å². The average Bonchev–Trinajstić information content (AvgIpc) is 3.15. The lowest BCUT2D eigenvalue weighted by Crippen LogP contribution is -2.29. The number of non-ortho nitro benzene ring substituents is 1. The number of ketones is 1. The number of nitro benzene ring substituents is 1. The topological polar surface area (TPSA) is 130 Å². The van der Waals surface area contributed by atoms with Crippen molar-refractivity contribution in [1.82, 2.24) is 0 Å². The Balaban J connectivity index is 1.95. The molecule has 1 aliphatic heterocycles. The third kappa shape index (κ3) is 4.75. The molecule has 9 heteroatoms. The molecule has 1 atom stereocenters. The summed E-state index contributed by atoms with van der Waals surface area (Å²) in [7, 11) is 0. The molecule has 2 N–H and O–H groups in total. The molecule has 0 bridgehead atoms. The van der Waals surface area contributed by atoms with E-state index in [-0.39, 0.29) is 40.8 Å². The zero-order valence-corrected chi connectivity index (χ0v) is 20.5. The van der Waals surface area contributed by atoms with Crippen LogP contribution in [0, 0.1) is 10.1 Å². The molecule has 1 fully saturated rings. The number of carbonyl (C=O) groups excluding carboxylic acids is 2. The molecule has 1 unspecified atom stereocenters. The second kappa shape index (κ2) is 10.1. The van der Waals surface area contributed by atoms with Crippen molar-refractivity contribution >= 4 is 28.8 Å². The standard InChI is InChI=1S/C28H26N2O7/c1-4-37-23-15-18(10-13-22(23)31)25-24(26(32)19-6-5-7-21(14-19)30(35)36)27(33)28(34)29(25)20-11-8-17(9-12-20)16(2)3/h5-16,25,31-32H,4H2,1-3H3/b26-24+. The van der Waals surface area contributed by atoms with Crippen molar-refractivity contribution in [2.45, 2.75) is 32.7 Å². The average molecular weight is 503 g/mol. The van der Waals surface area contributed by atoms with Crippen LogP contribution < -0.4 is 9.64 Å². The number of carbonyl (C=O) groups is 2. The first-order chi connectivity index (χ1) is 17.6. The maximum atomic E-state index is 13.3. The number of rotatable bonds is 7. The predicted molar refractivity (Wildman–Crippen MR) is 138 cm³/mol. The Morgan fingerprint density at radius 2 is 1.78 bits per heavy atom. The van der Waals surface area contributed by atoms with Crippen LogP contribution in [0.15, 0.2) is 72.3 Å². The number of phenols is 1. The number of hydrogen-bond donors (Lipinski definition) is 2. The number of nitro groups is 1. The van der Waals surface area contributed by atoms with Crippen molar-refractivity contribution < 1.29 is 29.5 Å². The highest BCUT2D eigenvalue weighted by molar-refractivity contribution is 6.51.